The number of hydrogen-bond acceptors (Lipinski definition) is 8. The molecule has 0 amide bonds. The van der Waals surface area contributed by atoms with E-state index in [1.54, 1.807) is 0 Å². The number of nitrogens with zero attached hydrogens (tertiary/aromatic N) is 4. The van der Waals surface area contributed by atoms with Crippen molar-refractivity contribution in [3.05, 3.63) is 35.7 Å². The normalized spacial score (nSPS) is 20.8. The van der Waals surface area contributed by atoms with E-state index in [9.17, 15) is 5.11 Å². The molecule has 1 aromatic carbocycles. The molecule has 1 fully saturated rings. The van der Waals surface area contributed by atoms with Crippen molar-refractivity contribution in [1.29, 1.82) is 0 Å². The number of nitrogen functional groups attached to an aromatic ring is 1. The Morgan fingerprint density at radius 3 is 2.92 bits per heavy atom. The lowest BCUT2D eigenvalue weighted by Crippen LogP contribution is -2.26. The van der Waals surface area contributed by atoms with Crippen LogP contribution in [0.5, 0.6) is 0 Å². The number of benzene rings is 1. The molecule has 0 radical (unpaired) electrons. The molecule has 1 aliphatic heterocycles. The quantitative estimate of drug-likeness (QED) is 0.714. The van der Waals surface area contributed by atoms with Crippen LogP contribution in [0.25, 0.3) is 0 Å². The van der Waals surface area contributed by atoms with Gasteiger partial charge in [0.05, 0.1) is 18.8 Å². The third-order valence-corrected chi connectivity index (χ3v) is 4.03. The SMILES string of the molecule is CCO[C@@H]1CN(Cc2nc(N)nc(Nc3cccc(C)c3)n2)C[C@H]1O. The monoisotopic (exact) mass is 344 g/mol. The van der Waals surface area contributed by atoms with Crippen molar-refractivity contribution >= 4 is 17.6 Å². The molecule has 0 spiro atoms. The number of anilines is 3. The largest absolute Gasteiger partial charge is 0.389 e. The average Bonchev–Trinajstić information content (AvgIpc) is 2.86. The lowest BCUT2D eigenvalue weighted by atomic mass is 10.2. The summed E-state index contributed by atoms with van der Waals surface area (Å²) in [5, 5.41) is 13.2. The van der Waals surface area contributed by atoms with Gasteiger partial charge >= 0.3 is 0 Å². The van der Waals surface area contributed by atoms with E-state index in [1.807, 2.05) is 38.1 Å². The number of aliphatic hydroxyl groups is 1. The first kappa shape index (κ1) is 17.5. The van der Waals surface area contributed by atoms with Crippen molar-refractivity contribution in [2.24, 2.45) is 0 Å². The molecule has 1 aromatic heterocycles. The maximum Gasteiger partial charge on any atom is 0.232 e. The highest BCUT2D eigenvalue weighted by Crippen LogP contribution is 2.18. The van der Waals surface area contributed by atoms with Crippen molar-refractivity contribution in [3.8, 4) is 0 Å². The standard InChI is InChI=1S/C17H24N6O2/c1-3-25-14-9-23(8-13(14)24)10-15-20-16(18)22-17(21-15)19-12-6-4-5-11(2)7-12/h4-7,13-14,24H,3,8-10H2,1-2H3,(H3,18,19,20,21,22)/t13-,14-/m1/s1. The van der Waals surface area contributed by atoms with Crippen LogP contribution in [-0.4, -0.2) is 56.9 Å². The maximum absolute atomic E-state index is 10.0. The molecule has 0 aliphatic carbocycles. The third-order valence-electron chi connectivity index (χ3n) is 4.03. The van der Waals surface area contributed by atoms with Crippen LogP contribution in [0.3, 0.4) is 0 Å². The first-order valence-electron chi connectivity index (χ1n) is 8.39. The topological polar surface area (TPSA) is 109 Å². The molecule has 2 atom stereocenters. The Kier molecular flexibility index (Phi) is 5.42. The number of nitrogens with two attached hydrogens (primary N) is 1. The van der Waals surface area contributed by atoms with Crippen LogP contribution in [0, 0.1) is 6.92 Å². The molecular formula is C17H24N6O2. The highest BCUT2D eigenvalue weighted by molar-refractivity contribution is 5.54. The van der Waals surface area contributed by atoms with Crippen molar-refractivity contribution in [2.45, 2.75) is 32.6 Å². The number of aromatic nitrogens is 3. The second-order valence-corrected chi connectivity index (χ2v) is 6.18. The zero-order valence-corrected chi connectivity index (χ0v) is 14.5. The van der Waals surface area contributed by atoms with Gasteiger partial charge in [0.25, 0.3) is 0 Å². The van der Waals surface area contributed by atoms with Crippen LogP contribution in [0.1, 0.15) is 18.3 Å². The Balaban J connectivity index is 1.69. The lowest BCUT2D eigenvalue weighted by molar-refractivity contribution is -0.00245. The number of aliphatic hydroxyl groups excluding tert-OH is 1. The Labute approximate surface area is 147 Å². The van der Waals surface area contributed by atoms with Gasteiger partial charge in [-0.1, -0.05) is 12.1 Å². The maximum atomic E-state index is 10.0. The third kappa shape index (κ3) is 4.62. The second kappa shape index (κ2) is 7.73. The summed E-state index contributed by atoms with van der Waals surface area (Å²) in [5.74, 6) is 1.14. The average molecular weight is 344 g/mol. The summed E-state index contributed by atoms with van der Waals surface area (Å²) < 4.78 is 5.54. The summed E-state index contributed by atoms with van der Waals surface area (Å²) in [5.41, 5.74) is 7.86. The molecule has 1 saturated heterocycles. The summed E-state index contributed by atoms with van der Waals surface area (Å²) >= 11 is 0. The minimum Gasteiger partial charge on any atom is -0.389 e. The van der Waals surface area contributed by atoms with Crippen LogP contribution >= 0.6 is 0 Å². The molecule has 0 unspecified atom stereocenters. The van der Waals surface area contributed by atoms with E-state index in [1.165, 1.54) is 0 Å². The first-order valence-corrected chi connectivity index (χ1v) is 8.39. The second-order valence-electron chi connectivity index (χ2n) is 6.18. The van der Waals surface area contributed by atoms with Crippen LogP contribution in [-0.2, 0) is 11.3 Å². The fourth-order valence-corrected chi connectivity index (χ4v) is 2.96. The van der Waals surface area contributed by atoms with Gasteiger partial charge in [-0.25, -0.2) is 0 Å². The predicted molar refractivity (Wildman–Crippen MR) is 95.4 cm³/mol. The van der Waals surface area contributed by atoms with Crippen LogP contribution in [0.2, 0.25) is 0 Å². The van der Waals surface area contributed by atoms with Crippen LogP contribution in [0.15, 0.2) is 24.3 Å². The number of rotatable bonds is 6. The summed E-state index contributed by atoms with van der Waals surface area (Å²) in [7, 11) is 0. The fourth-order valence-electron chi connectivity index (χ4n) is 2.96. The molecule has 0 bridgehead atoms. The summed E-state index contributed by atoms with van der Waals surface area (Å²) in [6.07, 6.45) is -0.668. The predicted octanol–water partition coefficient (Wildman–Crippen LogP) is 1.09. The number of β-amino-alcohol motifs (C(OH)–C–C–N with tert-alkyl or cyclic N) is 1. The van der Waals surface area contributed by atoms with E-state index in [4.69, 9.17) is 10.5 Å². The van der Waals surface area contributed by atoms with E-state index in [2.05, 4.69) is 25.2 Å². The van der Waals surface area contributed by atoms with Crippen LogP contribution < -0.4 is 11.1 Å². The molecule has 0 saturated carbocycles. The minimum absolute atomic E-state index is 0.168. The van der Waals surface area contributed by atoms with Gasteiger partial charge in [0.1, 0.15) is 5.82 Å². The lowest BCUT2D eigenvalue weighted by Gasteiger charge is -2.15. The minimum atomic E-state index is -0.496. The first-order chi connectivity index (χ1) is 12.0. The molecule has 134 valence electrons. The number of nitrogens with one attached hydrogen (secondary N) is 1. The molecule has 8 heteroatoms. The number of ether oxygens (including phenoxy) is 1. The Morgan fingerprint density at radius 2 is 2.16 bits per heavy atom. The van der Waals surface area contributed by atoms with Crippen LogP contribution in [0.4, 0.5) is 17.6 Å². The zero-order valence-electron chi connectivity index (χ0n) is 14.5. The molecule has 2 heterocycles. The summed E-state index contributed by atoms with van der Waals surface area (Å²) in [6, 6.07) is 7.92. The Morgan fingerprint density at radius 1 is 1.32 bits per heavy atom. The smallest absolute Gasteiger partial charge is 0.232 e. The van der Waals surface area contributed by atoms with E-state index < -0.39 is 6.10 Å². The molecular weight excluding hydrogens is 320 g/mol. The zero-order chi connectivity index (χ0) is 17.8. The highest BCUT2D eigenvalue weighted by atomic mass is 16.5. The van der Waals surface area contributed by atoms with E-state index >= 15 is 0 Å². The van der Waals surface area contributed by atoms with Crippen molar-refractivity contribution in [3.63, 3.8) is 0 Å². The molecule has 3 rings (SSSR count). The van der Waals surface area contributed by atoms with Crippen molar-refractivity contribution in [1.82, 2.24) is 19.9 Å². The van der Waals surface area contributed by atoms with Gasteiger partial charge in [-0.3, -0.25) is 4.90 Å². The molecule has 8 nitrogen and oxygen atoms in total. The van der Waals surface area contributed by atoms with Gasteiger partial charge in [-0.15, -0.1) is 0 Å². The number of hydrogen-bond donors (Lipinski definition) is 3. The molecule has 1 aliphatic rings. The molecule has 25 heavy (non-hydrogen) atoms. The van der Waals surface area contributed by atoms with Gasteiger partial charge in [0, 0.05) is 25.4 Å². The van der Waals surface area contributed by atoms with Crippen molar-refractivity contribution in [2.75, 3.05) is 30.7 Å². The number of aryl methyl sites for hydroxylation is 1. The van der Waals surface area contributed by atoms with Crippen molar-refractivity contribution < 1.29 is 9.84 Å². The van der Waals surface area contributed by atoms with Gasteiger partial charge in [0.2, 0.25) is 11.9 Å². The molecule has 2 aromatic rings. The fraction of sp³-hybridized carbons (Fsp3) is 0.471. The van der Waals surface area contributed by atoms with Gasteiger partial charge in [-0.2, -0.15) is 15.0 Å². The Bertz CT molecular complexity index is 726. The van der Waals surface area contributed by atoms with Gasteiger partial charge in [0.15, 0.2) is 0 Å². The van der Waals surface area contributed by atoms with Gasteiger partial charge in [-0.05, 0) is 31.5 Å². The van der Waals surface area contributed by atoms with E-state index in [0.717, 1.165) is 11.3 Å². The number of likely N-dealkylation sites (tertiary alicyclic amines) is 1. The molecule has 4 N–H and O–H groups in total. The van der Waals surface area contributed by atoms with Gasteiger partial charge < -0.3 is 20.9 Å². The summed E-state index contributed by atoms with van der Waals surface area (Å²) in [6.45, 7) is 6.17. The van der Waals surface area contributed by atoms with E-state index in [0.29, 0.717) is 38.0 Å². The van der Waals surface area contributed by atoms with E-state index in [-0.39, 0.29) is 12.1 Å². The highest BCUT2D eigenvalue weighted by Gasteiger charge is 2.32. The Hall–Kier alpha value is -2.29. The summed E-state index contributed by atoms with van der Waals surface area (Å²) in [4.78, 5) is 14.8.